The number of hydrogen-bond acceptors (Lipinski definition) is 2. The number of nitrogens with zero attached hydrogens (tertiary/aromatic N) is 1. The van der Waals surface area contributed by atoms with Crippen molar-refractivity contribution in [3.8, 4) is 0 Å². The minimum atomic E-state index is -4.56. The number of rotatable bonds is 5. The van der Waals surface area contributed by atoms with Crippen LogP contribution in [0.5, 0.6) is 0 Å². The first kappa shape index (κ1) is 21.3. The van der Waals surface area contributed by atoms with Gasteiger partial charge in [0.25, 0.3) is 0 Å². The SMILES string of the molecule is O=C(/C=C/c1ccc(Cl)c(C(F)(F)F)c1)Nc1cccc(/C=C/c2ccccn2)c1. The van der Waals surface area contributed by atoms with Gasteiger partial charge in [0.1, 0.15) is 0 Å². The monoisotopic (exact) mass is 428 g/mol. The van der Waals surface area contributed by atoms with Gasteiger partial charge in [-0.1, -0.05) is 41.9 Å². The summed E-state index contributed by atoms with van der Waals surface area (Å²) in [5, 5.41) is 2.29. The second kappa shape index (κ2) is 9.41. The molecule has 0 saturated carbocycles. The molecule has 0 spiro atoms. The summed E-state index contributed by atoms with van der Waals surface area (Å²) in [6.45, 7) is 0. The van der Waals surface area contributed by atoms with Gasteiger partial charge in [0.2, 0.25) is 5.91 Å². The van der Waals surface area contributed by atoms with Crippen molar-refractivity contribution in [1.29, 1.82) is 0 Å². The Bertz CT molecular complexity index is 1090. The molecule has 7 heteroatoms. The van der Waals surface area contributed by atoms with Crippen LogP contribution in [-0.2, 0) is 11.0 Å². The van der Waals surface area contributed by atoms with Gasteiger partial charge in [-0.15, -0.1) is 0 Å². The molecule has 30 heavy (non-hydrogen) atoms. The maximum atomic E-state index is 12.9. The van der Waals surface area contributed by atoms with Crippen molar-refractivity contribution in [3.05, 3.63) is 100 Å². The van der Waals surface area contributed by atoms with E-state index in [9.17, 15) is 18.0 Å². The standard InChI is InChI=1S/C23H16ClF3N2O/c24-21-11-8-17(15-20(21)23(25,26)27)9-12-22(30)29-19-6-3-4-16(14-19)7-10-18-5-1-2-13-28-18/h1-15H,(H,29,30)/b10-7+,12-9+. The summed E-state index contributed by atoms with van der Waals surface area (Å²) < 4.78 is 38.8. The van der Waals surface area contributed by atoms with E-state index in [0.29, 0.717) is 5.69 Å². The molecule has 1 N–H and O–H groups in total. The fourth-order valence-electron chi connectivity index (χ4n) is 2.60. The van der Waals surface area contributed by atoms with E-state index >= 15 is 0 Å². The second-order valence-electron chi connectivity index (χ2n) is 6.27. The minimum absolute atomic E-state index is 0.217. The number of pyridine rings is 1. The Kier molecular flexibility index (Phi) is 6.69. The summed E-state index contributed by atoms with van der Waals surface area (Å²) in [6.07, 6.45) is 3.30. The molecule has 3 nitrogen and oxygen atoms in total. The van der Waals surface area contributed by atoms with Gasteiger partial charge < -0.3 is 5.32 Å². The molecule has 1 amide bonds. The summed E-state index contributed by atoms with van der Waals surface area (Å²) in [6, 6.07) is 16.2. The Labute approximate surface area is 176 Å². The van der Waals surface area contributed by atoms with Crippen LogP contribution >= 0.6 is 11.6 Å². The average molecular weight is 429 g/mol. The molecule has 0 saturated heterocycles. The zero-order valence-electron chi connectivity index (χ0n) is 15.5. The van der Waals surface area contributed by atoms with E-state index in [-0.39, 0.29) is 10.6 Å². The van der Waals surface area contributed by atoms with Crippen molar-refractivity contribution in [2.75, 3.05) is 5.32 Å². The number of nitrogens with one attached hydrogen (secondary N) is 1. The fourth-order valence-corrected chi connectivity index (χ4v) is 2.82. The number of aromatic nitrogens is 1. The second-order valence-corrected chi connectivity index (χ2v) is 6.68. The van der Waals surface area contributed by atoms with Crippen LogP contribution in [0, 0.1) is 0 Å². The first-order valence-electron chi connectivity index (χ1n) is 8.86. The molecule has 152 valence electrons. The van der Waals surface area contributed by atoms with Crippen LogP contribution in [0.15, 0.2) is 72.9 Å². The van der Waals surface area contributed by atoms with Crippen LogP contribution in [0.2, 0.25) is 5.02 Å². The maximum Gasteiger partial charge on any atom is 0.417 e. The van der Waals surface area contributed by atoms with Crippen LogP contribution in [0.1, 0.15) is 22.4 Å². The van der Waals surface area contributed by atoms with Gasteiger partial charge in [0.15, 0.2) is 0 Å². The van der Waals surface area contributed by atoms with Gasteiger partial charge in [-0.25, -0.2) is 0 Å². The molecule has 3 rings (SSSR count). The van der Waals surface area contributed by atoms with Crippen molar-refractivity contribution in [1.82, 2.24) is 4.98 Å². The van der Waals surface area contributed by atoms with E-state index in [1.165, 1.54) is 18.2 Å². The topological polar surface area (TPSA) is 42.0 Å². The van der Waals surface area contributed by atoms with Crippen molar-refractivity contribution in [2.24, 2.45) is 0 Å². The first-order valence-corrected chi connectivity index (χ1v) is 9.24. The van der Waals surface area contributed by atoms with Crippen LogP contribution in [-0.4, -0.2) is 10.9 Å². The highest BCUT2D eigenvalue weighted by Crippen LogP contribution is 2.35. The van der Waals surface area contributed by atoms with E-state index in [2.05, 4.69) is 10.3 Å². The van der Waals surface area contributed by atoms with Gasteiger partial charge in [0.05, 0.1) is 16.3 Å². The largest absolute Gasteiger partial charge is 0.417 e. The Morgan fingerprint density at radius 3 is 2.47 bits per heavy atom. The maximum absolute atomic E-state index is 12.9. The van der Waals surface area contributed by atoms with Gasteiger partial charge in [-0.05, 0) is 59.7 Å². The summed E-state index contributed by atoms with van der Waals surface area (Å²) in [5.41, 5.74) is 1.49. The Morgan fingerprint density at radius 1 is 0.933 bits per heavy atom. The number of hydrogen-bond donors (Lipinski definition) is 1. The highest BCUT2D eigenvalue weighted by atomic mass is 35.5. The highest BCUT2D eigenvalue weighted by molar-refractivity contribution is 6.31. The molecular weight excluding hydrogens is 413 g/mol. The van der Waals surface area contributed by atoms with Crippen molar-refractivity contribution < 1.29 is 18.0 Å². The number of benzene rings is 2. The Morgan fingerprint density at radius 2 is 1.73 bits per heavy atom. The predicted molar refractivity (Wildman–Crippen MR) is 114 cm³/mol. The molecular formula is C23H16ClF3N2O. The number of alkyl halides is 3. The Hall–Kier alpha value is -3.38. The van der Waals surface area contributed by atoms with E-state index in [1.807, 2.05) is 36.4 Å². The van der Waals surface area contributed by atoms with E-state index in [0.717, 1.165) is 23.4 Å². The molecule has 0 unspecified atom stereocenters. The van der Waals surface area contributed by atoms with Gasteiger partial charge in [0, 0.05) is 18.0 Å². The van der Waals surface area contributed by atoms with E-state index in [4.69, 9.17) is 11.6 Å². The molecule has 0 aliphatic carbocycles. The first-order chi connectivity index (χ1) is 14.3. The zero-order chi connectivity index (χ0) is 21.6. The molecule has 1 aromatic heterocycles. The number of halogens is 4. The Balaban J connectivity index is 1.67. The zero-order valence-corrected chi connectivity index (χ0v) is 16.3. The smallest absolute Gasteiger partial charge is 0.322 e. The molecule has 0 aliphatic rings. The normalized spacial score (nSPS) is 11.9. The third kappa shape index (κ3) is 6.06. The van der Waals surface area contributed by atoms with Crippen LogP contribution in [0.3, 0.4) is 0 Å². The van der Waals surface area contributed by atoms with E-state index in [1.54, 1.807) is 24.4 Å². The fraction of sp³-hybridized carbons (Fsp3) is 0.0435. The lowest BCUT2D eigenvalue weighted by Gasteiger charge is -2.09. The average Bonchev–Trinajstić information content (AvgIpc) is 2.72. The quantitative estimate of drug-likeness (QED) is 0.466. The molecule has 0 fully saturated rings. The summed E-state index contributed by atoms with van der Waals surface area (Å²) in [7, 11) is 0. The van der Waals surface area contributed by atoms with E-state index < -0.39 is 17.6 Å². The van der Waals surface area contributed by atoms with Gasteiger partial charge in [-0.2, -0.15) is 13.2 Å². The number of amides is 1. The van der Waals surface area contributed by atoms with Crippen molar-refractivity contribution >= 4 is 41.4 Å². The summed E-state index contributed by atoms with van der Waals surface area (Å²) in [5.74, 6) is -0.468. The third-order valence-corrected chi connectivity index (χ3v) is 4.34. The lowest BCUT2D eigenvalue weighted by molar-refractivity contribution is -0.137. The number of carbonyl (C=O) groups is 1. The highest BCUT2D eigenvalue weighted by Gasteiger charge is 2.33. The predicted octanol–water partition coefficient (Wildman–Crippen LogP) is 6.58. The van der Waals surface area contributed by atoms with Crippen LogP contribution in [0.4, 0.5) is 18.9 Å². The number of anilines is 1. The van der Waals surface area contributed by atoms with Crippen LogP contribution in [0.25, 0.3) is 18.2 Å². The molecule has 3 aromatic rings. The molecule has 0 radical (unpaired) electrons. The van der Waals surface area contributed by atoms with Crippen LogP contribution < -0.4 is 5.32 Å². The van der Waals surface area contributed by atoms with Crippen molar-refractivity contribution in [3.63, 3.8) is 0 Å². The lowest BCUT2D eigenvalue weighted by Crippen LogP contribution is -2.08. The lowest BCUT2D eigenvalue weighted by atomic mass is 10.1. The third-order valence-electron chi connectivity index (χ3n) is 4.01. The minimum Gasteiger partial charge on any atom is -0.322 e. The molecule has 1 heterocycles. The summed E-state index contributed by atoms with van der Waals surface area (Å²) >= 11 is 5.60. The molecule has 0 bridgehead atoms. The molecule has 0 aliphatic heterocycles. The number of carbonyl (C=O) groups excluding carboxylic acids is 1. The molecule has 2 aromatic carbocycles. The van der Waals surface area contributed by atoms with Gasteiger partial charge in [-0.3, -0.25) is 9.78 Å². The molecule has 0 atom stereocenters. The van der Waals surface area contributed by atoms with Gasteiger partial charge >= 0.3 is 6.18 Å². The summed E-state index contributed by atoms with van der Waals surface area (Å²) in [4.78, 5) is 16.4. The van der Waals surface area contributed by atoms with Crippen molar-refractivity contribution in [2.45, 2.75) is 6.18 Å².